The SMILES string of the molecule is Cc1ccc(Cl)cc1C(Cc1cc(F)ccc1F)NN. The fraction of sp³-hybridized carbons (Fsp3) is 0.200. The van der Waals surface area contributed by atoms with Crippen molar-refractivity contribution in [2.24, 2.45) is 5.84 Å². The van der Waals surface area contributed by atoms with Crippen LogP contribution in [0, 0.1) is 18.6 Å². The Balaban J connectivity index is 2.33. The molecule has 0 aliphatic heterocycles. The number of aryl methyl sites for hydroxylation is 1. The van der Waals surface area contributed by atoms with Gasteiger partial charge in [-0.05, 0) is 60.4 Å². The minimum absolute atomic E-state index is 0.237. The van der Waals surface area contributed by atoms with Crippen LogP contribution in [0.2, 0.25) is 5.02 Å². The molecule has 5 heteroatoms. The van der Waals surface area contributed by atoms with E-state index in [4.69, 9.17) is 17.4 Å². The lowest BCUT2D eigenvalue weighted by molar-refractivity contribution is 0.521. The summed E-state index contributed by atoms with van der Waals surface area (Å²) in [7, 11) is 0. The van der Waals surface area contributed by atoms with Gasteiger partial charge in [0.05, 0.1) is 6.04 Å². The lowest BCUT2D eigenvalue weighted by Gasteiger charge is -2.19. The Kier molecular flexibility index (Phi) is 4.70. The van der Waals surface area contributed by atoms with Gasteiger partial charge in [-0.2, -0.15) is 0 Å². The van der Waals surface area contributed by atoms with Gasteiger partial charge in [0.2, 0.25) is 0 Å². The summed E-state index contributed by atoms with van der Waals surface area (Å²) in [6, 6.07) is 8.46. The average molecular weight is 297 g/mol. The number of halogens is 3. The summed E-state index contributed by atoms with van der Waals surface area (Å²) < 4.78 is 26.9. The maximum atomic E-state index is 13.7. The third-order valence-electron chi connectivity index (χ3n) is 3.25. The molecule has 0 saturated heterocycles. The Hall–Kier alpha value is -1.49. The Morgan fingerprint density at radius 3 is 2.65 bits per heavy atom. The van der Waals surface area contributed by atoms with Gasteiger partial charge in [0.25, 0.3) is 0 Å². The van der Waals surface area contributed by atoms with E-state index in [-0.39, 0.29) is 18.0 Å². The summed E-state index contributed by atoms with van der Waals surface area (Å²) in [5.74, 6) is 4.63. The molecule has 2 rings (SSSR count). The van der Waals surface area contributed by atoms with Gasteiger partial charge in [0, 0.05) is 5.02 Å². The van der Waals surface area contributed by atoms with Gasteiger partial charge >= 0.3 is 0 Å². The minimum Gasteiger partial charge on any atom is -0.271 e. The summed E-state index contributed by atoms with van der Waals surface area (Å²) in [4.78, 5) is 0. The smallest absolute Gasteiger partial charge is 0.126 e. The van der Waals surface area contributed by atoms with Gasteiger partial charge in [-0.1, -0.05) is 17.7 Å². The Bertz CT molecular complexity index is 617. The standard InChI is InChI=1S/C15H15ClF2N2/c1-9-2-3-11(16)8-13(9)15(20-19)7-10-6-12(17)4-5-14(10)18/h2-6,8,15,20H,7,19H2,1H3. The molecule has 0 aliphatic carbocycles. The second-order valence-electron chi connectivity index (χ2n) is 4.66. The first-order valence-corrected chi connectivity index (χ1v) is 6.55. The van der Waals surface area contributed by atoms with Gasteiger partial charge in [-0.3, -0.25) is 11.3 Å². The van der Waals surface area contributed by atoms with E-state index in [9.17, 15) is 8.78 Å². The zero-order valence-electron chi connectivity index (χ0n) is 11.0. The van der Waals surface area contributed by atoms with E-state index in [0.29, 0.717) is 5.02 Å². The summed E-state index contributed by atoms with van der Waals surface area (Å²) in [6.45, 7) is 1.91. The van der Waals surface area contributed by atoms with Crippen LogP contribution >= 0.6 is 11.6 Å². The summed E-state index contributed by atoms with van der Waals surface area (Å²) in [5.41, 5.74) is 4.75. The van der Waals surface area contributed by atoms with Gasteiger partial charge in [-0.25, -0.2) is 8.78 Å². The van der Waals surface area contributed by atoms with Gasteiger partial charge in [0.1, 0.15) is 11.6 Å². The number of hydrazine groups is 1. The molecule has 0 aromatic heterocycles. The molecule has 0 spiro atoms. The maximum absolute atomic E-state index is 13.7. The Labute approximate surface area is 121 Å². The molecule has 0 saturated carbocycles. The lowest BCUT2D eigenvalue weighted by Crippen LogP contribution is -2.30. The normalized spacial score (nSPS) is 12.4. The minimum atomic E-state index is -0.472. The third kappa shape index (κ3) is 3.33. The lowest BCUT2D eigenvalue weighted by atomic mass is 9.95. The third-order valence-corrected chi connectivity index (χ3v) is 3.48. The average Bonchev–Trinajstić information content (AvgIpc) is 2.42. The molecule has 0 fully saturated rings. The van der Waals surface area contributed by atoms with Gasteiger partial charge in [-0.15, -0.1) is 0 Å². The molecule has 0 radical (unpaired) electrons. The molecular weight excluding hydrogens is 282 g/mol. The second-order valence-corrected chi connectivity index (χ2v) is 5.10. The summed E-state index contributed by atoms with van der Waals surface area (Å²) in [5, 5.41) is 0.575. The van der Waals surface area contributed by atoms with Crippen molar-refractivity contribution >= 4 is 11.6 Å². The van der Waals surface area contributed by atoms with Crippen LogP contribution in [-0.2, 0) is 6.42 Å². The number of nitrogens with two attached hydrogens (primary N) is 1. The predicted octanol–water partition coefficient (Wildman–Crippen LogP) is 3.67. The molecule has 2 aromatic carbocycles. The molecule has 0 aliphatic rings. The molecule has 106 valence electrons. The van der Waals surface area contributed by atoms with Crippen LogP contribution in [0.1, 0.15) is 22.7 Å². The Morgan fingerprint density at radius 2 is 1.95 bits per heavy atom. The number of hydrogen-bond donors (Lipinski definition) is 2. The Morgan fingerprint density at radius 1 is 1.20 bits per heavy atom. The highest BCUT2D eigenvalue weighted by atomic mass is 35.5. The van der Waals surface area contributed by atoms with Gasteiger partial charge < -0.3 is 0 Å². The molecular formula is C15H15ClF2N2. The molecule has 0 amide bonds. The maximum Gasteiger partial charge on any atom is 0.126 e. The van der Waals surface area contributed by atoms with Crippen LogP contribution in [0.15, 0.2) is 36.4 Å². The highest BCUT2D eigenvalue weighted by Gasteiger charge is 2.16. The zero-order valence-corrected chi connectivity index (χ0v) is 11.7. The van der Waals surface area contributed by atoms with E-state index in [2.05, 4.69) is 5.43 Å². The fourth-order valence-electron chi connectivity index (χ4n) is 2.17. The van der Waals surface area contributed by atoms with Crippen LogP contribution in [0.25, 0.3) is 0 Å². The molecule has 2 nitrogen and oxygen atoms in total. The highest BCUT2D eigenvalue weighted by Crippen LogP contribution is 2.25. The van der Waals surface area contributed by atoms with E-state index in [1.807, 2.05) is 13.0 Å². The first-order valence-electron chi connectivity index (χ1n) is 6.17. The van der Waals surface area contributed by atoms with Crippen molar-refractivity contribution in [3.8, 4) is 0 Å². The van der Waals surface area contributed by atoms with Crippen molar-refractivity contribution in [2.45, 2.75) is 19.4 Å². The van der Waals surface area contributed by atoms with E-state index >= 15 is 0 Å². The first kappa shape index (κ1) is 14.9. The van der Waals surface area contributed by atoms with Crippen molar-refractivity contribution in [1.82, 2.24) is 5.43 Å². The quantitative estimate of drug-likeness (QED) is 0.667. The second kappa shape index (κ2) is 6.31. The summed E-state index contributed by atoms with van der Waals surface area (Å²) in [6.07, 6.45) is 0.237. The van der Waals surface area contributed by atoms with Crippen LogP contribution in [-0.4, -0.2) is 0 Å². The first-order chi connectivity index (χ1) is 9.51. The fourth-order valence-corrected chi connectivity index (χ4v) is 2.35. The number of rotatable bonds is 4. The van der Waals surface area contributed by atoms with Crippen molar-refractivity contribution in [1.29, 1.82) is 0 Å². The van der Waals surface area contributed by atoms with Crippen molar-refractivity contribution < 1.29 is 8.78 Å². The highest BCUT2D eigenvalue weighted by molar-refractivity contribution is 6.30. The monoisotopic (exact) mass is 296 g/mol. The van der Waals surface area contributed by atoms with Crippen LogP contribution < -0.4 is 11.3 Å². The topological polar surface area (TPSA) is 38.0 Å². The van der Waals surface area contributed by atoms with E-state index < -0.39 is 11.6 Å². The predicted molar refractivity (Wildman–Crippen MR) is 76.3 cm³/mol. The number of hydrogen-bond acceptors (Lipinski definition) is 2. The van der Waals surface area contributed by atoms with Crippen LogP contribution in [0.5, 0.6) is 0 Å². The van der Waals surface area contributed by atoms with Crippen molar-refractivity contribution in [3.05, 3.63) is 69.7 Å². The molecule has 1 unspecified atom stereocenters. The van der Waals surface area contributed by atoms with E-state index in [1.54, 1.807) is 12.1 Å². The van der Waals surface area contributed by atoms with Gasteiger partial charge in [0.15, 0.2) is 0 Å². The number of nitrogens with one attached hydrogen (secondary N) is 1. The molecule has 20 heavy (non-hydrogen) atoms. The van der Waals surface area contributed by atoms with Crippen LogP contribution in [0.4, 0.5) is 8.78 Å². The molecule has 3 N–H and O–H groups in total. The molecule has 1 atom stereocenters. The molecule has 2 aromatic rings. The van der Waals surface area contributed by atoms with Crippen molar-refractivity contribution in [2.75, 3.05) is 0 Å². The summed E-state index contributed by atoms with van der Waals surface area (Å²) >= 11 is 5.97. The molecule has 0 heterocycles. The van der Waals surface area contributed by atoms with Crippen LogP contribution in [0.3, 0.4) is 0 Å². The van der Waals surface area contributed by atoms with Crippen molar-refractivity contribution in [3.63, 3.8) is 0 Å². The molecule has 0 bridgehead atoms. The zero-order chi connectivity index (χ0) is 14.7. The van der Waals surface area contributed by atoms with E-state index in [0.717, 1.165) is 23.3 Å². The largest absolute Gasteiger partial charge is 0.271 e. The number of benzene rings is 2. The van der Waals surface area contributed by atoms with E-state index in [1.165, 1.54) is 6.07 Å².